The molecule has 0 bridgehead atoms. The van der Waals surface area contributed by atoms with Crippen molar-refractivity contribution < 1.29 is 19.1 Å². The van der Waals surface area contributed by atoms with Gasteiger partial charge in [0, 0.05) is 11.6 Å². The van der Waals surface area contributed by atoms with Gasteiger partial charge in [0.05, 0.1) is 11.4 Å². The number of carbonyl (C=O) groups excluding carboxylic acids is 1. The first kappa shape index (κ1) is 14.8. The second-order valence-electron chi connectivity index (χ2n) is 5.16. The molecule has 0 fully saturated rings. The Labute approximate surface area is 131 Å². The van der Waals surface area contributed by atoms with Crippen LogP contribution >= 0.6 is 0 Å². The molecule has 0 aliphatic carbocycles. The zero-order valence-corrected chi connectivity index (χ0v) is 12.4. The molecular weight excluding hydrogens is 296 g/mol. The fourth-order valence-corrected chi connectivity index (χ4v) is 2.23. The quantitative estimate of drug-likeness (QED) is 0.735. The number of aryl methyl sites for hydroxylation is 1. The highest BCUT2D eigenvalue weighted by molar-refractivity contribution is 5.80. The van der Waals surface area contributed by atoms with E-state index in [-0.39, 0.29) is 11.2 Å². The third-order valence-corrected chi connectivity index (χ3v) is 3.39. The summed E-state index contributed by atoms with van der Waals surface area (Å²) in [6.45, 7) is 1.41. The van der Waals surface area contributed by atoms with Crippen molar-refractivity contribution in [3.05, 3.63) is 64.3 Å². The van der Waals surface area contributed by atoms with E-state index in [1.165, 1.54) is 12.1 Å². The summed E-state index contributed by atoms with van der Waals surface area (Å²) < 4.78 is 10.8. The summed E-state index contributed by atoms with van der Waals surface area (Å²) in [4.78, 5) is 22.7. The number of hydrogen-bond acceptors (Lipinski definition) is 5. The summed E-state index contributed by atoms with van der Waals surface area (Å²) in [6.07, 6.45) is 0. The van der Waals surface area contributed by atoms with Crippen LogP contribution in [0.2, 0.25) is 0 Å². The van der Waals surface area contributed by atoms with Crippen molar-refractivity contribution in [3.63, 3.8) is 0 Å². The highest BCUT2D eigenvalue weighted by Crippen LogP contribution is 2.24. The van der Waals surface area contributed by atoms with Crippen LogP contribution in [0.25, 0.3) is 22.3 Å². The lowest BCUT2D eigenvalue weighted by Crippen LogP contribution is -2.28. The van der Waals surface area contributed by atoms with Gasteiger partial charge in [0.15, 0.2) is 5.43 Å². The zero-order valence-electron chi connectivity index (χ0n) is 12.4. The average Bonchev–Trinajstić information content (AvgIpc) is 2.53. The largest absolute Gasteiger partial charge is 0.546 e. The molecule has 3 aromatic rings. The minimum atomic E-state index is -1.33. The van der Waals surface area contributed by atoms with Gasteiger partial charge in [-0.05, 0) is 25.1 Å². The molecule has 0 unspecified atom stereocenters. The van der Waals surface area contributed by atoms with E-state index in [1.54, 1.807) is 12.1 Å². The molecule has 0 saturated heterocycles. The minimum Gasteiger partial charge on any atom is -0.546 e. The Hall–Kier alpha value is -3.08. The number of carboxylic acid groups (broad SMARTS) is 1. The molecule has 3 rings (SSSR count). The second kappa shape index (κ2) is 5.96. The molecule has 0 aliphatic rings. The third kappa shape index (κ3) is 3.23. The van der Waals surface area contributed by atoms with Crippen LogP contribution in [0, 0.1) is 6.92 Å². The predicted molar refractivity (Wildman–Crippen MR) is 83.2 cm³/mol. The van der Waals surface area contributed by atoms with Gasteiger partial charge in [-0.2, -0.15) is 0 Å². The first-order valence-corrected chi connectivity index (χ1v) is 7.00. The van der Waals surface area contributed by atoms with Gasteiger partial charge in [-0.3, -0.25) is 4.79 Å². The summed E-state index contributed by atoms with van der Waals surface area (Å²) in [6, 6.07) is 13.7. The molecule has 1 aromatic heterocycles. The number of carboxylic acids is 1. The SMILES string of the molecule is Cc1ccc(-c2cc(=O)c3cc(OCC(=O)[O-])ccc3o2)cc1. The number of fused-ring (bicyclic) bond motifs is 1. The molecule has 0 aliphatic heterocycles. The van der Waals surface area contributed by atoms with E-state index in [4.69, 9.17) is 9.15 Å². The van der Waals surface area contributed by atoms with Crippen molar-refractivity contribution in [1.82, 2.24) is 0 Å². The van der Waals surface area contributed by atoms with Crippen LogP contribution in [0.15, 0.2) is 57.7 Å². The van der Waals surface area contributed by atoms with Gasteiger partial charge in [-0.1, -0.05) is 29.8 Å². The Morgan fingerprint density at radius 1 is 1.13 bits per heavy atom. The summed E-state index contributed by atoms with van der Waals surface area (Å²) in [5, 5.41) is 10.7. The summed E-state index contributed by atoms with van der Waals surface area (Å²) in [7, 11) is 0. The van der Waals surface area contributed by atoms with Gasteiger partial charge < -0.3 is 19.1 Å². The van der Waals surface area contributed by atoms with Gasteiger partial charge in [-0.15, -0.1) is 0 Å². The Morgan fingerprint density at radius 2 is 1.87 bits per heavy atom. The number of hydrogen-bond donors (Lipinski definition) is 0. The van der Waals surface area contributed by atoms with Crippen LogP contribution < -0.4 is 15.3 Å². The number of ether oxygens (including phenoxy) is 1. The molecule has 0 amide bonds. The Morgan fingerprint density at radius 3 is 2.57 bits per heavy atom. The van der Waals surface area contributed by atoms with E-state index in [2.05, 4.69) is 0 Å². The minimum absolute atomic E-state index is 0.222. The average molecular weight is 309 g/mol. The standard InChI is InChI=1S/C18H14O5/c1-11-2-4-12(5-3-11)17-9-15(19)14-8-13(22-10-18(20)21)6-7-16(14)23-17/h2-9H,10H2,1H3,(H,20,21)/p-1. The Bertz CT molecular complexity index is 922. The van der Waals surface area contributed by atoms with E-state index >= 15 is 0 Å². The van der Waals surface area contributed by atoms with Crippen LogP contribution in [0.5, 0.6) is 5.75 Å². The van der Waals surface area contributed by atoms with Crippen LogP contribution in [-0.2, 0) is 4.79 Å². The van der Waals surface area contributed by atoms with Gasteiger partial charge in [0.1, 0.15) is 23.7 Å². The van der Waals surface area contributed by atoms with E-state index in [9.17, 15) is 14.7 Å². The lowest BCUT2D eigenvalue weighted by Gasteiger charge is -2.08. The van der Waals surface area contributed by atoms with E-state index < -0.39 is 12.6 Å². The number of aliphatic carboxylic acids is 1. The predicted octanol–water partition coefficient (Wildman–Crippen LogP) is 1.90. The first-order valence-electron chi connectivity index (χ1n) is 7.00. The van der Waals surface area contributed by atoms with Crippen molar-refractivity contribution in [3.8, 4) is 17.1 Å². The molecule has 5 heteroatoms. The van der Waals surface area contributed by atoms with Gasteiger partial charge in [0.25, 0.3) is 0 Å². The van der Waals surface area contributed by atoms with Gasteiger partial charge in [0.2, 0.25) is 0 Å². The maximum absolute atomic E-state index is 12.3. The highest BCUT2D eigenvalue weighted by Gasteiger charge is 2.08. The van der Waals surface area contributed by atoms with Gasteiger partial charge >= 0.3 is 0 Å². The molecule has 0 atom stereocenters. The van der Waals surface area contributed by atoms with Crippen LogP contribution in [0.3, 0.4) is 0 Å². The van der Waals surface area contributed by atoms with Crippen molar-refractivity contribution in [1.29, 1.82) is 0 Å². The lowest BCUT2D eigenvalue weighted by atomic mass is 10.1. The molecule has 0 spiro atoms. The maximum Gasteiger partial charge on any atom is 0.193 e. The van der Waals surface area contributed by atoms with Crippen molar-refractivity contribution in [2.75, 3.05) is 6.61 Å². The molecule has 5 nitrogen and oxygen atoms in total. The molecular formula is C18H13O5-. The Kier molecular flexibility index (Phi) is 3.85. The molecule has 0 N–H and O–H groups in total. The summed E-state index contributed by atoms with van der Waals surface area (Å²) in [5.74, 6) is -0.574. The molecule has 0 saturated carbocycles. The lowest BCUT2D eigenvalue weighted by molar-refractivity contribution is -0.307. The van der Waals surface area contributed by atoms with Crippen molar-refractivity contribution in [2.45, 2.75) is 6.92 Å². The third-order valence-electron chi connectivity index (χ3n) is 3.39. The topological polar surface area (TPSA) is 79.6 Å². The maximum atomic E-state index is 12.3. The monoisotopic (exact) mass is 309 g/mol. The Balaban J connectivity index is 2.02. The van der Waals surface area contributed by atoms with Crippen LogP contribution in [-0.4, -0.2) is 12.6 Å². The van der Waals surface area contributed by atoms with Crippen molar-refractivity contribution in [2.24, 2.45) is 0 Å². The van der Waals surface area contributed by atoms with Crippen LogP contribution in [0.4, 0.5) is 0 Å². The normalized spacial score (nSPS) is 10.7. The smallest absolute Gasteiger partial charge is 0.193 e. The number of benzene rings is 2. The molecule has 1 heterocycles. The van der Waals surface area contributed by atoms with Crippen molar-refractivity contribution >= 4 is 16.9 Å². The van der Waals surface area contributed by atoms with E-state index in [0.29, 0.717) is 16.7 Å². The van der Waals surface area contributed by atoms with E-state index in [1.807, 2.05) is 31.2 Å². The molecule has 0 radical (unpaired) electrons. The fourth-order valence-electron chi connectivity index (χ4n) is 2.23. The summed E-state index contributed by atoms with van der Waals surface area (Å²) in [5.41, 5.74) is 2.12. The summed E-state index contributed by atoms with van der Waals surface area (Å²) >= 11 is 0. The zero-order chi connectivity index (χ0) is 16.4. The molecule has 116 valence electrons. The highest BCUT2D eigenvalue weighted by atomic mass is 16.5. The van der Waals surface area contributed by atoms with Gasteiger partial charge in [-0.25, -0.2) is 0 Å². The van der Waals surface area contributed by atoms with E-state index in [0.717, 1.165) is 11.1 Å². The molecule has 2 aromatic carbocycles. The fraction of sp³-hybridized carbons (Fsp3) is 0.111. The van der Waals surface area contributed by atoms with Crippen LogP contribution in [0.1, 0.15) is 5.56 Å². The second-order valence-corrected chi connectivity index (χ2v) is 5.16. The molecule has 23 heavy (non-hydrogen) atoms. The number of rotatable bonds is 4. The first-order chi connectivity index (χ1) is 11.0. The number of carbonyl (C=O) groups is 1.